The van der Waals surface area contributed by atoms with Crippen molar-refractivity contribution in [1.82, 2.24) is 14.9 Å². The number of rotatable bonds is 15. The van der Waals surface area contributed by atoms with E-state index in [0.717, 1.165) is 28.2 Å². The lowest BCUT2D eigenvalue weighted by molar-refractivity contribution is -0.148. The van der Waals surface area contributed by atoms with Crippen LogP contribution in [-0.2, 0) is 20.7 Å². The van der Waals surface area contributed by atoms with Gasteiger partial charge in [0.25, 0.3) is 0 Å². The lowest BCUT2D eigenvalue weighted by Gasteiger charge is -2.22. The highest BCUT2D eigenvalue weighted by molar-refractivity contribution is 6.18. The van der Waals surface area contributed by atoms with Gasteiger partial charge < -0.3 is 20.7 Å². The van der Waals surface area contributed by atoms with Crippen LogP contribution >= 0.6 is 48.0 Å². The van der Waals surface area contributed by atoms with E-state index in [2.05, 4.69) is 20.9 Å². The minimum absolute atomic E-state index is 0. The van der Waals surface area contributed by atoms with Gasteiger partial charge in [-0.25, -0.2) is 9.78 Å². The molecule has 12 heteroatoms. The predicted octanol–water partition coefficient (Wildman–Crippen LogP) is 5.51. The Morgan fingerprint density at radius 3 is 2.32 bits per heavy atom. The molecule has 3 N–H and O–H groups in total. The van der Waals surface area contributed by atoms with Crippen molar-refractivity contribution < 1.29 is 14.3 Å². The maximum absolute atomic E-state index is 12.9. The van der Waals surface area contributed by atoms with Crippen molar-refractivity contribution >= 4 is 76.6 Å². The molecule has 2 atom stereocenters. The average Bonchev–Trinajstić information content (AvgIpc) is 3.29. The van der Waals surface area contributed by atoms with Gasteiger partial charge in [-0.05, 0) is 56.0 Å². The molecule has 0 spiro atoms. The molecular formula is C29H41Cl4N5O3. The summed E-state index contributed by atoms with van der Waals surface area (Å²) < 4.78 is 7.24. The molecule has 3 aromatic rings. The number of carbonyl (C=O) groups excluding carboxylic acids is 2. The molecule has 1 heterocycles. The van der Waals surface area contributed by atoms with E-state index >= 15 is 0 Å². The third-order valence-electron chi connectivity index (χ3n) is 6.41. The monoisotopic (exact) mass is 647 g/mol. The lowest BCUT2D eigenvalue weighted by atomic mass is 10.0. The SMILES string of the molecule is CCOC(=O)[C@H](CC(C)C)NC(=O)[C@@H](N)CCc1nc2cc(N(CCCl)CCCl)ccc2n1-c1ccccc1.Cl.Cl. The number of imidazole rings is 1. The number of amides is 1. The molecule has 41 heavy (non-hydrogen) atoms. The number of nitrogens with zero attached hydrogens (tertiary/aromatic N) is 3. The van der Waals surface area contributed by atoms with Crippen LogP contribution in [0.3, 0.4) is 0 Å². The predicted molar refractivity (Wildman–Crippen MR) is 174 cm³/mol. The lowest BCUT2D eigenvalue weighted by Crippen LogP contribution is -2.49. The second-order valence-electron chi connectivity index (χ2n) is 9.82. The normalized spacial score (nSPS) is 12.3. The van der Waals surface area contributed by atoms with Crippen molar-refractivity contribution in [1.29, 1.82) is 0 Å². The van der Waals surface area contributed by atoms with Crippen LogP contribution in [0.1, 0.15) is 39.4 Å². The maximum Gasteiger partial charge on any atom is 0.328 e. The van der Waals surface area contributed by atoms with Crippen LogP contribution in [0.4, 0.5) is 5.69 Å². The highest BCUT2D eigenvalue weighted by atomic mass is 35.5. The van der Waals surface area contributed by atoms with Crippen LogP contribution in [0.5, 0.6) is 0 Å². The summed E-state index contributed by atoms with van der Waals surface area (Å²) in [5.74, 6) is 1.17. The molecule has 0 aliphatic carbocycles. The van der Waals surface area contributed by atoms with E-state index in [1.54, 1.807) is 6.92 Å². The van der Waals surface area contributed by atoms with Gasteiger partial charge in [0.1, 0.15) is 11.9 Å². The zero-order valence-corrected chi connectivity index (χ0v) is 26.9. The molecule has 0 fully saturated rings. The number of carbonyl (C=O) groups is 2. The topological polar surface area (TPSA) is 102 Å². The summed E-state index contributed by atoms with van der Waals surface area (Å²) >= 11 is 12.0. The van der Waals surface area contributed by atoms with E-state index in [1.807, 2.05) is 56.3 Å². The number of para-hydroxylation sites is 1. The van der Waals surface area contributed by atoms with E-state index < -0.39 is 18.1 Å². The quantitative estimate of drug-likeness (QED) is 0.167. The minimum atomic E-state index is -0.809. The van der Waals surface area contributed by atoms with Crippen LogP contribution in [0.2, 0.25) is 0 Å². The number of esters is 1. The number of hydrogen-bond acceptors (Lipinski definition) is 6. The van der Waals surface area contributed by atoms with Crippen LogP contribution < -0.4 is 16.0 Å². The van der Waals surface area contributed by atoms with Gasteiger partial charge in [-0.1, -0.05) is 32.0 Å². The molecule has 8 nitrogen and oxygen atoms in total. The highest BCUT2D eigenvalue weighted by Gasteiger charge is 2.26. The molecule has 0 bridgehead atoms. The Hall–Kier alpha value is -2.23. The standard InChI is InChI=1S/C29H39Cl2N5O3.2ClH/c1-4-39-29(38)25(18-20(2)3)34-28(37)23(32)11-13-27-33-24-19-22(35(16-14-30)17-15-31)10-12-26(24)36(27)21-8-6-5-7-9-21;;/h5-10,12,19-20,23,25H,4,11,13-18,32H2,1-3H3,(H,34,37);2*1H/t23-,25-;;/m0../s1. The van der Waals surface area contributed by atoms with Gasteiger partial charge in [-0.2, -0.15) is 0 Å². The molecule has 0 aliphatic heterocycles. The van der Waals surface area contributed by atoms with E-state index in [9.17, 15) is 9.59 Å². The van der Waals surface area contributed by atoms with Gasteiger partial charge in [-0.15, -0.1) is 48.0 Å². The van der Waals surface area contributed by atoms with Gasteiger partial charge in [-0.3, -0.25) is 9.36 Å². The Bertz CT molecular complexity index is 1220. The molecule has 0 saturated heterocycles. The number of nitrogens with one attached hydrogen (secondary N) is 1. The summed E-state index contributed by atoms with van der Waals surface area (Å²) in [5, 5.41) is 2.79. The zero-order chi connectivity index (χ0) is 28.4. The molecule has 0 radical (unpaired) electrons. The van der Waals surface area contributed by atoms with Gasteiger partial charge in [0, 0.05) is 42.6 Å². The van der Waals surface area contributed by atoms with Crippen molar-refractivity contribution in [2.45, 2.75) is 52.1 Å². The molecular weight excluding hydrogens is 608 g/mol. The number of ether oxygens (including phenoxy) is 1. The Morgan fingerprint density at radius 1 is 1.07 bits per heavy atom. The summed E-state index contributed by atoms with van der Waals surface area (Å²) in [4.78, 5) is 32.4. The maximum atomic E-state index is 12.9. The molecule has 2 aromatic carbocycles. The molecule has 0 unspecified atom stereocenters. The van der Waals surface area contributed by atoms with Crippen molar-refractivity contribution in [3.63, 3.8) is 0 Å². The van der Waals surface area contributed by atoms with Gasteiger partial charge in [0.2, 0.25) is 5.91 Å². The fourth-order valence-electron chi connectivity index (χ4n) is 4.54. The largest absolute Gasteiger partial charge is 0.464 e. The number of alkyl halides is 2. The van der Waals surface area contributed by atoms with Crippen LogP contribution in [0, 0.1) is 5.92 Å². The van der Waals surface area contributed by atoms with E-state index in [0.29, 0.717) is 44.1 Å². The first-order chi connectivity index (χ1) is 18.8. The Morgan fingerprint density at radius 2 is 1.73 bits per heavy atom. The van der Waals surface area contributed by atoms with E-state index in [-0.39, 0.29) is 43.2 Å². The number of hydrogen-bond donors (Lipinski definition) is 2. The first kappa shape index (κ1) is 36.8. The molecule has 1 amide bonds. The van der Waals surface area contributed by atoms with Crippen molar-refractivity contribution in [2.24, 2.45) is 11.7 Å². The third kappa shape index (κ3) is 10.2. The third-order valence-corrected chi connectivity index (χ3v) is 6.74. The highest BCUT2D eigenvalue weighted by Crippen LogP contribution is 2.27. The summed E-state index contributed by atoms with van der Waals surface area (Å²) in [7, 11) is 0. The Kier molecular flexibility index (Phi) is 16.5. The van der Waals surface area contributed by atoms with Gasteiger partial charge in [0.15, 0.2) is 0 Å². The Balaban J connectivity index is 0.00000420. The fourth-order valence-corrected chi connectivity index (χ4v) is 4.95. The van der Waals surface area contributed by atoms with Gasteiger partial charge >= 0.3 is 5.97 Å². The zero-order valence-electron chi connectivity index (χ0n) is 23.7. The van der Waals surface area contributed by atoms with Crippen molar-refractivity contribution in [3.05, 3.63) is 54.4 Å². The smallest absolute Gasteiger partial charge is 0.328 e. The van der Waals surface area contributed by atoms with E-state index in [1.165, 1.54) is 0 Å². The summed E-state index contributed by atoms with van der Waals surface area (Å²) in [6.07, 6.45) is 1.30. The number of benzene rings is 2. The summed E-state index contributed by atoms with van der Waals surface area (Å²) in [6, 6.07) is 14.6. The molecule has 3 rings (SSSR count). The fraction of sp³-hybridized carbons (Fsp3) is 0.483. The summed E-state index contributed by atoms with van der Waals surface area (Å²) in [5.41, 5.74) is 10.1. The van der Waals surface area contributed by atoms with Crippen LogP contribution in [0.25, 0.3) is 16.7 Å². The number of fused-ring (bicyclic) bond motifs is 1. The Labute approximate surface area is 265 Å². The first-order valence-corrected chi connectivity index (χ1v) is 14.5. The number of halogens is 4. The molecule has 1 aromatic heterocycles. The minimum Gasteiger partial charge on any atom is -0.464 e. The number of nitrogens with two attached hydrogens (primary N) is 1. The van der Waals surface area contributed by atoms with Gasteiger partial charge in [0.05, 0.1) is 23.7 Å². The molecule has 0 saturated carbocycles. The number of aromatic nitrogens is 2. The molecule has 0 aliphatic rings. The average molecular weight is 649 g/mol. The molecule has 228 valence electrons. The summed E-state index contributed by atoms with van der Waals surface area (Å²) in [6.45, 7) is 7.33. The van der Waals surface area contributed by atoms with Crippen molar-refractivity contribution in [3.8, 4) is 5.69 Å². The number of aryl methyl sites for hydroxylation is 1. The second-order valence-corrected chi connectivity index (χ2v) is 10.6. The number of anilines is 1. The van der Waals surface area contributed by atoms with Crippen LogP contribution in [-0.4, -0.2) is 65.0 Å². The van der Waals surface area contributed by atoms with Crippen LogP contribution in [0.15, 0.2) is 48.5 Å². The first-order valence-electron chi connectivity index (χ1n) is 13.4. The second kappa shape index (κ2) is 18.3. The van der Waals surface area contributed by atoms with E-state index in [4.69, 9.17) is 38.7 Å². The van der Waals surface area contributed by atoms with Crippen molar-refractivity contribution in [2.75, 3.05) is 36.4 Å².